The number of aliphatic hydroxyl groups is 1. The van der Waals surface area contributed by atoms with Gasteiger partial charge in [0.05, 0.1) is 16.6 Å². The Bertz CT molecular complexity index is 536. The second-order valence-electron chi connectivity index (χ2n) is 4.47. The number of nitrogens with zero attached hydrogens (tertiary/aromatic N) is 1. The molecule has 1 aromatic carbocycles. The van der Waals surface area contributed by atoms with Crippen LogP contribution in [0.2, 0.25) is 0 Å². The minimum Gasteiger partial charge on any atom is -0.396 e. The van der Waals surface area contributed by atoms with E-state index >= 15 is 0 Å². The summed E-state index contributed by atoms with van der Waals surface area (Å²) in [5.74, 6) is -3.74. The zero-order valence-electron chi connectivity index (χ0n) is 10.9. The summed E-state index contributed by atoms with van der Waals surface area (Å²) in [5.41, 5.74) is -1.84. The molecule has 0 aliphatic heterocycles. The molecule has 0 saturated heterocycles. The van der Waals surface area contributed by atoms with Gasteiger partial charge in [-0.15, -0.1) is 0 Å². The first-order chi connectivity index (χ1) is 9.27. The summed E-state index contributed by atoms with van der Waals surface area (Å²) in [6.07, 6.45) is 0. The highest BCUT2D eigenvalue weighted by atomic mass is 19.1. The number of amides is 1. The third-order valence-corrected chi connectivity index (χ3v) is 2.96. The van der Waals surface area contributed by atoms with Gasteiger partial charge in [-0.1, -0.05) is 6.92 Å². The Morgan fingerprint density at radius 1 is 1.45 bits per heavy atom. The summed E-state index contributed by atoms with van der Waals surface area (Å²) in [7, 11) is 0. The normalized spacial score (nSPS) is 13.7. The van der Waals surface area contributed by atoms with E-state index in [1.165, 1.54) is 0 Å². The average molecular weight is 288 g/mol. The first-order valence-electron chi connectivity index (χ1n) is 5.83. The number of carbonyl (C=O) groups is 1. The molecule has 1 aromatic rings. The number of benzene rings is 1. The molecule has 2 N–H and O–H groups in total. The smallest absolute Gasteiger partial charge is 0.308 e. The molecule has 0 fully saturated rings. The molecular weight excluding hydrogens is 274 g/mol. The molecule has 0 aliphatic rings. The van der Waals surface area contributed by atoms with E-state index in [0.717, 1.165) is 0 Å². The highest BCUT2D eigenvalue weighted by molar-refractivity contribution is 5.95. The van der Waals surface area contributed by atoms with Crippen molar-refractivity contribution in [2.45, 2.75) is 19.9 Å². The fraction of sp³-hybridized carbons (Fsp3) is 0.417. The maximum absolute atomic E-state index is 13.8. The van der Waals surface area contributed by atoms with Gasteiger partial charge in [0.25, 0.3) is 5.91 Å². The van der Waals surface area contributed by atoms with Gasteiger partial charge in [0.2, 0.25) is 5.82 Å². The Hall–Kier alpha value is -2.09. The zero-order valence-corrected chi connectivity index (χ0v) is 10.9. The SMILES string of the molecule is CC(CO)C(C)NC(=O)c1cc(F)cc([N+](=O)[O-])c1F. The second kappa shape index (κ2) is 6.38. The minimum atomic E-state index is -1.39. The monoisotopic (exact) mass is 288 g/mol. The van der Waals surface area contributed by atoms with Crippen LogP contribution in [0.5, 0.6) is 0 Å². The van der Waals surface area contributed by atoms with Crippen molar-refractivity contribution < 1.29 is 23.6 Å². The van der Waals surface area contributed by atoms with Crippen LogP contribution in [0.25, 0.3) is 0 Å². The Kier molecular flexibility index (Phi) is 5.09. The quantitative estimate of drug-likeness (QED) is 0.636. The molecule has 2 unspecified atom stereocenters. The van der Waals surface area contributed by atoms with E-state index in [2.05, 4.69) is 5.32 Å². The van der Waals surface area contributed by atoms with Gasteiger partial charge in [-0.3, -0.25) is 14.9 Å². The lowest BCUT2D eigenvalue weighted by molar-refractivity contribution is -0.387. The molecule has 0 spiro atoms. The van der Waals surface area contributed by atoms with Gasteiger partial charge in [0, 0.05) is 12.6 Å². The van der Waals surface area contributed by atoms with E-state index < -0.39 is 39.8 Å². The number of hydrogen-bond donors (Lipinski definition) is 2. The Morgan fingerprint density at radius 2 is 2.05 bits per heavy atom. The molecule has 1 rings (SSSR count). The summed E-state index contributed by atoms with van der Waals surface area (Å²) in [5, 5.41) is 21.8. The van der Waals surface area contributed by atoms with Gasteiger partial charge < -0.3 is 10.4 Å². The van der Waals surface area contributed by atoms with Gasteiger partial charge in [-0.25, -0.2) is 4.39 Å². The topological polar surface area (TPSA) is 92.5 Å². The van der Waals surface area contributed by atoms with E-state index in [0.29, 0.717) is 12.1 Å². The number of aliphatic hydroxyl groups excluding tert-OH is 1. The molecule has 2 atom stereocenters. The third-order valence-electron chi connectivity index (χ3n) is 2.96. The van der Waals surface area contributed by atoms with E-state index in [9.17, 15) is 23.7 Å². The number of rotatable bonds is 5. The van der Waals surface area contributed by atoms with Gasteiger partial charge >= 0.3 is 5.69 Å². The Labute approximate surface area is 113 Å². The molecule has 0 saturated carbocycles. The van der Waals surface area contributed by atoms with Crippen LogP contribution in [0, 0.1) is 27.7 Å². The predicted octanol–water partition coefficient (Wildman–Crippen LogP) is 1.62. The molecule has 0 heterocycles. The van der Waals surface area contributed by atoms with E-state index in [4.69, 9.17) is 5.11 Å². The highest BCUT2D eigenvalue weighted by Crippen LogP contribution is 2.22. The maximum atomic E-state index is 13.8. The Balaban J connectivity index is 3.07. The fourth-order valence-corrected chi connectivity index (χ4v) is 1.46. The van der Waals surface area contributed by atoms with Gasteiger partial charge in [-0.2, -0.15) is 4.39 Å². The Morgan fingerprint density at radius 3 is 2.55 bits per heavy atom. The predicted molar refractivity (Wildman–Crippen MR) is 66.2 cm³/mol. The van der Waals surface area contributed by atoms with Crippen molar-refractivity contribution in [1.29, 1.82) is 0 Å². The van der Waals surface area contributed by atoms with E-state index in [-0.39, 0.29) is 12.5 Å². The molecule has 8 heteroatoms. The molecule has 0 aliphatic carbocycles. The van der Waals surface area contributed by atoms with Gasteiger partial charge in [-0.05, 0) is 18.9 Å². The number of hydrogen-bond acceptors (Lipinski definition) is 4. The van der Waals surface area contributed by atoms with E-state index in [1.54, 1.807) is 13.8 Å². The standard InChI is InChI=1S/C12H14F2N2O4/c1-6(5-17)7(2)15-12(18)9-3-8(13)4-10(11(9)14)16(19)20/h3-4,6-7,17H,5H2,1-2H3,(H,15,18). The third kappa shape index (κ3) is 3.47. The number of nitro groups is 1. The van der Waals surface area contributed by atoms with Crippen molar-refractivity contribution in [1.82, 2.24) is 5.32 Å². The van der Waals surface area contributed by atoms with Crippen LogP contribution in [-0.2, 0) is 0 Å². The molecular formula is C12H14F2N2O4. The summed E-state index contributed by atoms with van der Waals surface area (Å²) < 4.78 is 27.0. The van der Waals surface area contributed by atoms with Crippen LogP contribution in [0.15, 0.2) is 12.1 Å². The molecule has 0 bridgehead atoms. The van der Waals surface area contributed by atoms with Crippen LogP contribution >= 0.6 is 0 Å². The van der Waals surface area contributed by atoms with Crippen LogP contribution in [0.3, 0.4) is 0 Å². The van der Waals surface area contributed by atoms with Crippen LogP contribution in [0.1, 0.15) is 24.2 Å². The van der Waals surface area contributed by atoms with Crippen molar-refractivity contribution in [3.8, 4) is 0 Å². The summed E-state index contributed by atoms with van der Waals surface area (Å²) in [6.45, 7) is 3.02. The lowest BCUT2D eigenvalue weighted by atomic mass is 10.0. The molecule has 0 aromatic heterocycles. The van der Waals surface area contributed by atoms with Gasteiger partial charge in [0.1, 0.15) is 5.82 Å². The molecule has 6 nitrogen and oxygen atoms in total. The van der Waals surface area contributed by atoms with Crippen molar-refractivity contribution in [2.75, 3.05) is 6.61 Å². The first kappa shape index (κ1) is 16.0. The number of carbonyl (C=O) groups excluding carboxylic acids is 1. The van der Waals surface area contributed by atoms with Crippen LogP contribution in [0.4, 0.5) is 14.5 Å². The van der Waals surface area contributed by atoms with E-state index in [1.807, 2.05) is 0 Å². The molecule has 1 amide bonds. The van der Waals surface area contributed by atoms with Gasteiger partial charge in [0.15, 0.2) is 0 Å². The lowest BCUT2D eigenvalue weighted by Gasteiger charge is -2.19. The first-order valence-corrected chi connectivity index (χ1v) is 5.83. The van der Waals surface area contributed by atoms with Crippen LogP contribution < -0.4 is 5.32 Å². The fourth-order valence-electron chi connectivity index (χ4n) is 1.46. The average Bonchev–Trinajstić information content (AvgIpc) is 2.39. The summed E-state index contributed by atoms with van der Waals surface area (Å²) in [4.78, 5) is 21.3. The number of nitro benzene ring substituents is 1. The number of nitrogens with one attached hydrogen (secondary N) is 1. The zero-order chi connectivity index (χ0) is 15.4. The van der Waals surface area contributed by atoms with Crippen molar-refractivity contribution in [3.05, 3.63) is 39.4 Å². The van der Waals surface area contributed by atoms with Crippen molar-refractivity contribution in [3.63, 3.8) is 0 Å². The maximum Gasteiger partial charge on any atom is 0.308 e. The molecule has 110 valence electrons. The van der Waals surface area contributed by atoms with Crippen LogP contribution in [-0.4, -0.2) is 28.6 Å². The summed E-state index contributed by atoms with van der Waals surface area (Å²) >= 11 is 0. The minimum absolute atomic E-state index is 0.201. The van der Waals surface area contributed by atoms with Crippen molar-refractivity contribution >= 4 is 11.6 Å². The highest BCUT2D eigenvalue weighted by Gasteiger charge is 2.25. The lowest BCUT2D eigenvalue weighted by Crippen LogP contribution is -2.38. The second-order valence-corrected chi connectivity index (χ2v) is 4.47. The van der Waals surface area contributed by atoms with Crippen molar-refractivity contribution in [2.24, 2.45) is 5.92 Å². The summed E-state index contributed by atoms with van der Waals surface area (Å²) in [6, 6.07) is 0.495. The number of halogens is 2. The molecule has 0 radical (unpaired) electrons. The largest absolute Gasteiger partial charge is 0.396 e. The molecule has 20 heavy (non-hydrogen) atoms.